The summed E-state index contributed by atoms with van der Waals surface area (Å²) in [5.74, 6) is 1.52. The Bertz CT molecular complexity index is 798. The molecule has 1 aromatic carbocycles. The summed E-state index contributed by atoms with van der Waals surface area (Å²) in [6, 6.07) is 5.70. The number of aromatic nitrogens is 2. The first kappa shape index (κ1) is 18.8. The number of halogens is 1. The van der Waals surface area contributed by atoms with Crippen LogP contribution in [0.1, 0.15) is 45.5 Å². The van der Waals surface area contributed by atoms with E-state index in [9.17, 15) is 4.79 Å². The number of methoxy groups -OCH3 is 1. The highest BCUT2D eigenvalue weighted by Gasteiger charge is 2.35. The molecule has 0 aliphatic carbocycles. The Labute approximate surface area is 162 Å². The molecule has 26 heavy (non-hydrogen) atoms. The van der Waals surface area contributed by atoms with Gasteiger partial charge in [0, 0.05) is 22.8 Å². The van der Waals surface area contributed by atoms with E-state index in [0.29, 0.717) is 6.54 Å². The van der Waals surface area contributed by atoms with Gasteiger partial charge in [0.25, 0.3) is 0 Å². The minimum absolute atomic E-state index is 0.100. The summed E-state index contributed by atoms with van der Waals surface area (Å²) in [6.45, 7) is 6.30. The molecule has 1 aliphatic heterocycles. The third-order valence-corrected chi connectivity index (χ3v) is 4.72. The summed E-state index contributed by atoms with van der Waals surface area (Å²) >= 11 is 3.49. The van der Waals surface area contributed by atoms with Gasteiger partial charge in [0.05, 0.1) is 18.8 Å². The van der Waals surface area contributed by atoms with Crippen LogP contribution in [0.25, 0.3) is 11.3 Å². The van der Waals surface area contributed by atoms with E-state index in [2.05, 4.69) is 20.9 Å². The van der Waals surface area contributed by atoms with Crippen LogP contribution in [0.2, 0.25) is 0 Å². The Balaban J connectivity index is 1.85. The van der Waals surface area contributed by atoms with E-state index in [0.717, 1.165) is 40.1 Å². The second-order valence-corrected chi connectivity index (χ2v) is 8.26. The molecule has 6 nitrogen and oxygen atoms in total. The van der Waals surface area contributed by atoms with Gasteiger partial charge >= 0.3 is 6.09 Å². The molecular formula is C19H24BrN3O3. The molecule has 0 saturated carbocycles. The molecule has 1 fully saturated rings. The van der Waals surface area contributed by atoms with Crippen LogP contribution in [0.5, 0.6) is 5.75 Å². The number of hydrogen-bond acceptors (Lipinski definition) is 4. The highest BCUT2D eigenvalue weighted by molar-refractivity contribution is 9.10. The van der Waals surface area contributed by atoms with Crippen molar-refractivity contribution in [3.8, 4) is 17.0 Å². The monoisotopic (exact) mass is 421 g/mol. The van der Waals surface area contributed by atoms with E-state index in [1.807, 2.05) is 45.2 Å². The molecule has 0 unspecified atom stereocenters. The van der Waals surface area contributed by atoms with Crippen molar-refractivity contribution in [3.63, 3.8) is 0 Å². The molecule has 1 saturated heterocycles. The number of hydrogen-bond donors (Lipinski definition) is 1. The van der Waals surface area contributed by atoms with Crippen molar-refractivity contribution in [3.05, 3.63) is 34.7 Å². The Kier molecular flexibility index (Phi) is 5.27. The zero-order valence-electron chi connectivity index (χ0n) is 15.5. The van der Waals surface area contributed by atoms with E-state index in [-0.39, 0.29) is 12.1 Å². The quantitative estimate of drug-likeness (QED) is 0.763. The van der Waals surface area contributed by atoms with Crippen LogP contribution in [-0.2, 0) is 4.74 Å². The second-order valence-electron chi connectivity index (χ2n) is 7.35. The van der Waals surface area contributed by atoms with Gasteiger partial charge in [0.15, 0.2) is 0 Å². The maximum Gasteiger partial charge on any atom is 0.410 e. The van der Waals surface area contributed by atoms with Gasteiger partial charge in [-0.25, -0.2) is 9.78 Å². The minimum atomic E-state index is -0.512. The number of ether oxygens (including phenoxy) is 2. The van der Waals surface area contributed by atoms with Gasteiger partial charge in [-0.2, -0.15) is 0 Å². The van der Waals surface area contributed by atoms with Crippen molar-refractivity contribution in [2.45, 2.75) is 45.3 Å². The maximum atomic E-state index is 12.5. The van der Waals surface area contributed by atoms with Crippen molar-refractivity contribution in [2.24, 2.45) is 0 Å². The second kappa shape index (κ2) is 7.31. The van der Waals surface area contributed by atoms with Crippen LogP contribution in [0.3, 0.4) is 0 Å². The molecule has 7 heteroatoms. The van der Waals surface area contributed by atoms with Gasteiger partial charge in [-0.15, -0.1) is 0 Å². The summed E-state index contributed by atoms with van der Waals surface area (Å²) in [4.78, 5) is 22.2. The fourth-order valence-electron chi connectivity index (χ4n) is 3.12. The molecule has 1 amide bonds. The van der Waals surface area contributed by atoms with E-state index in [4.69, 9.17) is 14.5 Å². The lowest BCUT2D eigenvalue weighted by Gasteiger charge is -2.27. The van der Waals surface area contributed by atoms with Crippen molar-refractivity contribution >= 4 is 22.0 Å². The summed E-state index contributed by atoms with van der Waals surface area (Å²) in [6.07, 6.45) is 3.35. The Morgan fingerprint density at radius 1 is 1.38 bits per heavy atom. The number of likely N-dealkylation sites (tertiary alicyclic amines) is 1. The largest absolute Gasteiger partial charge is 0.496 e. The molecule has 3 rings (SSSR count). The maximum absolute atomic E-state index is 12.5. The number of nitrogens with zero attached hydrogens (tertiary/aromatic N) is 2. The number of carbonyl (C=O) groups is 1. The topological polar surface area (TPSA) is 67.5 Å². The van der Waals surface area contributed by atoms with E-state index in [1.165, 1.54) is 0 Å². The van der Waals surface area contributed by atoms with Gasteiger partial charge < -0.3 is 14.5 Å². The SMILES string of the molecule is COc1ccc(Br)cc1-c1c[nH]c([C@@H]2CCCN2C(=O)OC(C)(C)C)n1. The zero-order valence-corrected chi connectivity index (χ0v) is 17.1. The average molecular weight is 422 g/mol. The molecule has 1 aliphatic rings. The molecule has 0 bridgehead atoms. The smallest absolute Gasteiger partial charge is 0.410 e. The lowest BCUT2D eigenvalue weighted by molar-refractivity contribution is 0.0218. The zero-order chi connectivity index (χ0) is 18.9. The summed E-state index contributed by atoms with van der Waals surface area (Å²) in [5, 5.41) is 0. The number of rotatable bonds is 3. The summed E-state index contributed by atoms with van der Waals surface area (Å²) in [7, 11) is 1.64. The molecule has 1 aromatic heterocycles. The summed E-state index contributed by atoms with van der Waals surface area (Å²) < 4.78 is 11.9. The number of amides is 1. The van der Waals surface area contributed by atoms with E-state index < -0.39 is 5.60 Å². The normalized spacial score (nSPS) is 17.4. The van der Waals surface area contributed by atoms with Gasteiger partial charge in [0.1, 0.15) is 17.2 Å². The van der Waals surface area contributed by atoms with Crippen LogP contribution in [0, 0.1) is 0 Å². The summed E-state index contributed by atoms with van der Waals surface area (Å²) in [5.41, 5.74) is 1.17. The van der Waals surface area contributed by atoms with Crippen LogP contribution in [-0.4, -0.2) is 40.2 Å². The van der Waals surface area contributed by atoms with Crippen LogP contribution >= 0.6 is 15.9 Å². The lowest BCUT2D eigenvalue weighted by Crippen LogP contribution is -2.36. The highest BCUT2D eigenvalue weighted by atomic mass is 79.9. The number of imidazole rings is 1. The molecule has 140 valence electrons. The van der Waals surface area contributed by atoms with Crippen LogP contribution < -0.4 is 4.74 Å². The predicted octanol–water partition coefficient (Wildman–Crippen LogP) is 4.92. The first-order valence-corrected chi connectivity index (χ1v) is 9.46. The molecule has 2 heterocycles. The van der Waals surface area contributed by atoms with Gasteiger partial charge in [0.2, 0.25) is 0 Å². The van der Waals surface area contributed by atoms with E-state index >= 15 is 0 Å². The lowest BCUT2D eigenvalue weighted by atomic mass is 10.1. The van der Waals surface area contributed by atoms with E-state index in [1.54, 1.807) is 12.0 Å². The highest BCUT2D eigenvalue weighted by Crippen LogP contribution is 2.35. The first-order valence-electron chi connectivity index (χ1n) is 8.67. The van der Waals surface area contributed by atoms with Crippen molar-refractivity contribution in [2.75, 3.05) is 13.7 Å². The van der Waals surface area contributed by atoms with Gasteiger partial charge in [-0.3, -0.25) is 4.90 Å². The van der Waals surface area contributed by atoms with Crippen LogP contribution in [0.4, 0.5) is 4.79 Å². The number of carbonyl (C=O) groups excluding carboxylic acids is 1. The van der Waals surface area contributed by atoms with Crippen molar-refractivity contribution in [1.82, 2.24) is 14.9 Å². The van der Waals surface area contributed by atoms with Crippen molar-refractivity contribution in [1.29, 1.82) is 0 Å². The number of nitrogens with one attached hydrogen (secondary N) is 1. The first-order chi connectivity index (χ1) is 12.3. The van der Waals surface area contributed by atoms with Crippen molar-refractivity contribution < 1.29 is 14.3 Å². The molecule has 2 aromatic rings. The third-order valence-electron chi connectivity index (χ3n) is 4.23. The Morgan fingerprint density at radius 2 is 2.15 bits per heavy atom. The fourth-order valence-corrected chi connectivity index (χ4v) is 3.48. The Hall–Kier alpha value is -2.02. The molecule has 0 radical (unpaired) electrons. The average Bonchev–Trinajstić information content (AvgIpc) is 3.22. The molecule has 1 N–H and O–H groups in total. The number of aromatic amines is 1. The Morgan fingerprint density at radius 3 is 2.85 bits per heavy atom. The predicted molar refractivity (Wildman–Crippen MR) is 103 cm³/mol. The van der Waals surface area contributed by atoms with Gasteiger partial charge in [-0.05, 0) is 51.8 Å². The molecule has 1 atom stereocenters. The molecular weight excluding hydrogens is 398 g/mol. The minimum Gasteiger partial charge on any atom is -0.496 e. The fraction of sp³-hybridized carbons (Fsp3) is 0.474. The van der Waals surface area contributed by atoms with Gasteiger partial charge in [-0.1, -0.05) is 15.9 Å². The van der Waals surface area contributed by atoms with Crippen LogP contribution in [0.15, 0.2) is 28.9 Å². The third kappa shape index (κ3) is 4.03. The standard InChI is InChI=1S/C19H24BrN3O3/c1-19(2,3)26-18(24)23-9-5-6-15(23)17-21-11-14(22-17)13-10-12(20)7-8-16(13)25-4/h7-8,10-11,15H,5-6,9H2,1-4H3,(H,21,22)/t15-/m0/s1. The molecule has 0 spiro atoms. The number of H-pyrrole nitrogens is 1. The number of benzene rings is 1.